The molecule has 1 aliphatic heterocycles. The Morgan fingerprint density at radius 2 is 2.13 bits per heavy atom. The second-order valence-corrected chi connectivity index (χ2v) is 4.56. The molecule has 1 fully saturated rings. The first-order valence-corrected chi connectivity index (χ1v) is 5.78. The third-order valence-corrected chi connectivity index (χ3v) is 3.44. The number of hydrogen-bond donors (Lipinski definition) is 2. The minimum atomic E-state index is 0.0478. The summed E-state index contributed by atoms with van der Waals surface area (Å²) in [6.45, 7) is 4.13. The maximum atomic E-state index is 7.29. The van der Waals surface area contributed by atoms with Crippen LogP contribution in [0.5, 0.6) is 0 Å². The van der Waals surface area contributed by atoms with Gasteiger partial charge in [0.25, 0.3) is 0 Å². The number of piperazine rings is 1. The predicted octanol–water partition coefficient (Wildman–Crippen LogP) is 0.179. The van der Waals surface area contributed by atoms with Crippen LogP contribution in [0.3, 0.4) is 0 Å². The van der Waals surface area contributed by atoms with Gasteiger partial charge < -0.3 is 15.5 Å². The summed E-state index contributed by atoms with van der Waals surface area (Å²) >= 11 is 1.56. The molecule has 0 aliphatic carbocycles. The van der Waals surface area contributed by atoms with Crippen LogP contribution in [0.1, 0.15) is 5.69 Å². The van der Waals surface area contributed by atoms with E-state index in [9.17, 15) is 0 Å². The van der Waals surface area contributed by atoms with Crippen molar-refractivity contribution >= 4 is 22.3 Å². The lowest BCUT2D eigenvalue weighted by atomic mass is 10.3. The highest BCUT2D eigenvalue weighted by Crippen LogP contribution is 2.21. The first-order valence-electron chi connectivity index (χ1n) is 4.90. The number of amidine groups is 1. The third-order valence-electron chi connectivity index (χ3n) is 2.54. The monoisotopic (exact) mass is 225 g/mol. The lowest BCUT2D eigenvalue weighted by Crippen LogP contribution is -2.44. The van der Waals surface area contributed by atoms with Crippen LogP contribution in [-0.4, -0.2) is 48.9 Å². The summed E-state index contributed by atoms with van der Waals surface area (Å²) in [7, 11) is 2.13. The summed E-state index contributed by atoms with van der Waals surface area (Å²) in [5.74, 6) is 0.0478. The molecule has 2 rings (SSSR count). The van der Waals surface area contributed by atoms with E-state index in [0.717, 1.165) is 31.3 Å². The van der Waals surface area contributed by atoms with Gasteiger partial charge in [-0.3, -0.25) is 5.41 Å². The topological polar surface area (TPSA) is 69.2 Å². The van der Waals surface area contributed by atoms with Gasteiger partial charge in [0, 0.05) is 31.6 Å². The van der Waals surface area contributed by atoms with Crippen LogP contribution in [-0.2, 0) is 0 Å². The maximum absolute atomic E-state index is 7.29. The zero-order valence-electron chi connectivity index (χ0n) is 8.73. The summed E-state index contributed by atoms with van der Waals surface area (Å²) in [5.41, 5.74) is 5.97. The van der Waals surface area contributed by atoms with Crippen molar-refractivity contribution in [2.45, 2.75) is 0 Å². The van der Waals surface area contributed by atoms with Crippen LogP contribution in [0.25, 0.3) is 0 Å². The fraction of sp³-hybridized carbons (Fsp3) is 0.556. The first kappa shape index (κ1) is 10.4. The highest BCUT2D eigenvalue weighted by Gasteiger charge is 2.17. The van der Waals surface area contributed by atoms with Gasteiger partial charge in [0.15, 0.2) is 5.13 Å². The minimum Gasteiger partial charge on any atom is -0.382 e. The standard InChI is InChI=1S/C9H15N5S/c1-13-2-4-14(5-3-13)9-12-7(6-15-9)8(10)11/h6H,2-5H2,1H3,(H3,10,11). The van der Waals surface area contributed by atoms with E-state index in [2.05, 4.69) is 21.8 Å². The van der Waals surface area contributed by atoms with Gasteiger partial charge in [-0.05, 0) is 7.05 Å². The van der Waals surface area contributed by atoms with Crippen molar-refractivity contribution in [2.24, 2.45) is 5.73 Å². The molecule has 3 N–H and O–H groups in total. The van der Waals surface area contributed by atoms with Crippen molar-refractivity contribution in [1.29, 1.82) is 5.41 Å². The molecule has 15 heavy (non-hydrogen) atoms. The van der Waals surface area contributed by atoms with Crippen molar-refractivity contribution in [3.8, 4) is 0 Å². The van der Waals surface area contributed by atoms with Crippen LogP contribution >= 0.6 is 11.3 Å². The molecule has 6 heteroatoms. The van der Waals surface area contributed by atoms with Crippen LogP contribution in [0, 0.1) is 5.41 Å². The summed E-state index contributed by atoms with van der Waals surface area (Å²) < 4.78 is 0. The van der Waals surface area contributed by atoms with Crippen molar-refractivity contribution in [1.82, 2.24) is 9.88 Å². The van der Waals surface area contributed by atoms with Gasteiger partial charge in [-0.25, -0.2) is 4.98 Å². The highest BCUT2D eigenvalue weighted by molar-refractivity contribution is 7.13. The van der Waals surface area contributed by atoms with Gasteiger partial charge in [-0.15, -0.1) is 11.3 Å². The van der Waals surface area contributed by atoms with Gasteiger partial charge in [0.2, 0.25) is 0 Å². The molecule has 1 aromatic rings. The van der Waals surface area contributed by atoms with Crippen LogP contribution in [0.15, 0.2) is 5.38 Å². The number of nitrogen functional groups attached to an aromatic ring is 1. The number of aromatic nitrogens is 1. The van der Waals surface area contributed by atoms with Gasteiger partial charge in [0.05, 0.1) is 0 Å². The molecule has 82 valence electrons. The normalized spacial score (nSPS) is 18.1. The third kappa shape index (κ3) is 2.27. The second-order valence-electron chi connectivity index (χ2n) is 3.72. The number of nitrogens with one attached hydrogen (secondary N) is 1. The minimum absolute atomic E-state index is 0.0478. The second kappa shape index (κ2) is 4.16. The quantitative estimate of drug-likeness (QED) is 0.556. The van der Waals surface area contributed by atoms with E-state index in [1.54, 1.807) is 11.3 Å². The molecular formula is C9H15N5S. The Kier molecular flexibility index (Phi) is 2.88. The molecule has 0 atom stereocenters. The molecule has 2 heterocycles. The lowest BCUT2D eigenvalue weighted by molar-refractivity contribution is 0.312. The fourth-order valence-corrected chi connectivity index (χ4v) is 2.41. The van der Waals surface area contributed by atoms with Gasteiger partial charge in [-0.2, -0.15) is 0 Å². The number of nitrogens with zero attached hydrogens (tertiary/aromatic N) is 3. The Balaban J connectivity index is 2.06. The number of anilines is 1. The molecule has 1 saturated heterocycles. The zero-order chi connectivity index (χ0) is 10.8. The summed E-state index contributed by atoms with van der Waals surface area (Å²) in [6.07, 6.45) is 0. The molecule has 0 spiro atoms. The van der Waals surface area contributed by atoms with E-state index in [1.807, 2.05) is 5.38 Å². The van der Waals surface area contributed by atoms with Crippen LogP contribution in [0.4, 0.5) is 5.13 Å². The number of nitrogens with two attached hydrogens (primary N) is 1. The smallest absolute Gasteiger partial charge is 0.186 e. The lowest BCUT2D eigenvalue weighted by Gasteiger charge is -2.32. The Bertz CT molecular complexity index is 353. The van der Waals surface area contributed by atoms with Gasteiger partial charge in [0.1, 0.15) is 11.5 Å². The molecule has 0 saturated carbocycles. The first-order chi connectivity index (χ1) is 7.16. The summed E-state index contributed by atoms with van der Waals surface area (Å²) in [4.78, 5) is 8.88. The molecule has 1 aromatic heterocycles. The summed E-state index contributed by atoms with van der Waals surface area (Å²) in [6, 6.07) is 0. The van der Waals surface area contributed by atoms with E-state index in [1.165, 1.54) is 0 Å². The van der Waals surface area contributed by atoms with Crippen molar-refractivity contribution in [3.63, 3.8) is 0 Å². The predicted molar refractivity (Wildman–Crippen MR) is 62.8 cm³/mol. The number of thiazole rings is 1. The Hall–Kier alpha value is -1.14. The SMILES string of the molecule is CN1CCN(c2nc(C(=N)N)cs2)CC1. The number of rotatable bonds is 2. The summed E-state index contributed by atoms with van der Waals surface area (Å²) in [5, 5.41) is 10.1. The van der Waals surface area contributed by atoms with E-state index >= 15 is 0 Å². The molecule has 0 unspecified atom stereocenters. The van der Waals surface area contributed by atoms with Crippen molar-refractivity contribution < 1.29 is 0 Å². The number of hydrogen-bond acceptors (Lipinski definition) is 5. The average molecular weight is 225 g/mol. The zero-order valence-corrected chi connectivity index (χ0v) is 9.55. The molecule has 0 aromatic carbocycles. The molecule has 5 nitrogen and oxygen atoms in total. The number of likely N-dealkylation sites (N-methyl/N-ethyl adjacent to an activating group) is 1. The molecule has 1 aliphatic rings. The van der Waals surface area contributed by atoms with E-state index in [-0.39, 0.29) is 5.84 Å². The van der Waals surface area contributed by atoms with Crippen molar-refractivity contribution in [2.75, 3.05) is 38.1 Å². The fourth-order valence-electron chi connectivity index (χ4n) is 1.53. The van der Waals surface area contributed by atoms with Crippen LogP contribution < -0.4 is 10.6 Å². The van der Waals surface area contributed by atoms with Crippen LogP contribution in [0.2, 0.25) is 0 Å². The van der Waals surface area contributed by atoms with E-state index in [4.69, 9.17) is 11.1 Å². The Morgan fingerprint density at radius 1 is 1.47 bits per heavy atom. The molecule has 0 bridgehead atoms. The Morgan fingerprint density at radius 3 is 2.67 bits per heavy atom. The molecule has 0 amide bonds. The average Bonchev–Trinajstić information content (AvgIpc) is 2.68. The van der Waals surface area contributed by atoms with Gasteiger partial charge >= 0.3 is 0 Å². The molecular weight excluding hydrogens is 210 g/mol. The highest BCUT2D eigenvalue weighted by atomic mass is 32.1. The largest absolute Gasteiger partial charge is 0.382 e. The van der Waals surface area contributed by atoms with Crippen molar-refractivity contribution in [3.05, 3.63) is 11.1 Å². The molecule has 0 radical (unpaired) electrons. The van der Waals surface area contributed by atoms with E-state index in [0.29, 0.717) is 5.69 Å². The van der Waals surface area contributed by atoms with Gasteiger partial charge in [-0.1, -0.05) is 0 Å². The van der Waals surface area contributed by atoms with E-state index < -0.39 is 0 Å². The Labute approximate surface area is 93.0 Å². The maximum Gasteiger partial charge on any atom is 0.186 e.